The number of benzene rings is 1. The van der Waals surface area contributed by atoms with Crippen LogP contribution in [0.4, 0.5) is 0 Å². The molecule has 2 saturated carbocycles. The van der Waals surface area contributed by atoms with Crippen LogP contribution < -0.4 is 0 Å². The Bertz CT molecular complexity index is 709. The zero-order chi connectivity index (χ0) is 15.8. The normalized spacial score (nSPS) is 41.7. The Morgan fingerprint density at radius 3 is 2.64 bits per heavy atom. The highest BCUT2D eigenvalue weighted by molar-refractivity contribution is 6.30. The first-order valence-corrected chi connectivity index (χ1v) is 8.25. The number of halogens is 1. The predicted octanol–water partition coefficient (Wildman–Crippen LogP) is 3.88. The largest absolute Gasteiger partial charge is 0.319 e. The van der Waals surface area contributed by atoms with Crippen molar-refractivity contribution in [1.82, 2.24) is 4.90 Å². The lowest BCUT2D eigenvalue weighted by atomic mass is 9.66. The lowest BCUT2D eigenvalue weighted by Crippen LogP contribution is -2.54. The van der Waals surface area contributed by atoms with Gasteiger partial charge in [-0.25, -0.2) is 0 Å². The number of nitriles is 1. The SMILES string of the molecule is C[C@@]12CC[C@H]3C[C@]1(C#N)N(C(=O)c1ccc(Cl)cc1)C[C@@]32C. The van der Waals surface area contributed by atoms with Gasteiger partial charge in [0.05, 0.1) is 6.07 Å². The molecule has 1 saturated heterocycles. The van der Waals surface area contributed by atoms with Gasteiger partial charge >= 0.3 is 0 Å². The van der Waals surface area contributed by atoms with Crippen LogP contribution in [-0.2, 0) is 0 Å². The molecule has 3 nitrogen and oxygen atoms in total. The number of nitrogens with zero attached hydrogens (tertiary/aromatic N) is 2. The molecule has 0 radical (unpaired) electrons. The van der Waals surface area contributed by atoms with E-state index in [9.17, 15) is 10.1 Å². The Kier molecular flexibility index (Phi) is 2.60. The minimum Gasteiger partial charge on any atom is -0.319 e. The number of piperidine rings is 1. The van der Waals surface area contributed by atoms with Crippen LogP contribution in [0, 0.1) is 28.1 Å². The second-order valence-corrected chi connectivity index (χ2v) is 8.00. The summed E-state index contributed by atoms with van der Waals surface area (Å²) in [5.41, 5.74) is -0.0251. The summed E-state index contributed by atoms with van der Waals surface area (Å²) in [6, 6.07) is 9.53. The zero-order valence-corrected chi connectivity index (χ0v) is 13.7. The summed E-state index contributed by atoms with van der Waals surface area (Å²) in [4.78, 5) is 14.9. The van der Waals surface area contributed by atoms with Crippen LogP contribution in [0.1, 0.15) is 43.5 Å². The molecule has 3 aliphatic rings. The van der Waals surface area contributed by atoms with Crippen LogP contribution in [0.15, 0.2) is 24.3 Å². The van der Waals surface area contributed by atoms with E-state index in [0.717, 1.165) is 12.8 Å². The van der Waals surface area contributed by atoms with Crippen LogP contribution in [0.5, 0.6) is 0 Å². The van der Waals surface area contributed by atoms with Crippen molar-refractivity contribution in [3.63, 3.8) is 0 Å². The molecule has 114 valence electrons. The van der Waals surface area contributed by atoms with Gasteiger partial charge in [-0.2, -0.15) is 5.26 Å². The van der Waals surface area contributed by atoms with Crippen LogP contribution >= 0.6 is 11.6 Å². The maximum Gasteiger partial charge on any atom is 0.255 e. The van der Waals surface area contributed by atoms with Crippen molar-refractivity contribution >= 4 is 17.5 Å². The van der Waals surface area contributed by atoms with E-state index in [4.69, 9.17) is 11.6 Å². The van der Waals surface area contributed by atoms with Crippen molar-refractivity contribution in [1.29, 1.82) is 5.26 Å². The summed E-state index contributed by atoms with van der Waals surface area (Å²) < 4.78 is 0. The van der Waals surface area contributed by atoms with Gasteiger partial charge in [-0.1, -0.05) is 25.4 Å². The number of amides is 1. The molecular weight excluding hydrogens is 296 g/mol. The molecule has 1 aromatic rings. The summed E-state index contributed by atoms with van der Waals surface area (Å²) in [6.45, 7) is 5.19. The molecule has 4 rings (SSSR count). The minimum atomic E-state index is -0.638. The highest BCUT2D eigenvalue weighted by Crippen LogP contribution is 2.75. The molecule has 1 aromatic carbocycles. The standard InChI is InChI=1S/C18H19ClN2O/c1-16-11-21(15(22)12-3-5-14(19)6-4-12)18(10-20)9-13(16)7-8-17(16,18)2/h3-6,13H,7-9,11H2,1-2H3/t13-,16-,17-,18+/m0/s1. The van der Waals surface area contributed by atoms with Gasteiger partial charge in [0.25, 0.3) is 5.91 Å². The highest BCUT2D eigenvalue weighted by Gasteiger charge is 2.78. The number of hydrogen-bond donors (Lipinski definition) is 0. The lowest BCUT2D eigenvalue weighted by molar-refractivity contribution is 0.0430. The van der Waals surface area contributed by atoms with E-state index >= 15 is 0 Å². The van der Waals surface area contributed by atoms with Crippen molar-refractivity contribution in [3.05, 3.63) is 34.9 Å². The Balaban J connectivity index is 1.78. The van der Waals surface area contributed by atoms with Crippen LogP contribution in [0.2, 0.25) is 5.02 Å². The molecule has 1 amide bonds. The molecule has 1 aliphatic heterocycles. The molecule has 4 bridgehead atoms. The topological polar surface area (TPSA) is 44.1 Å². The third kappa shape index (κ3) is 1.32. The second-order valence-electron chi connectivity index (χ2n) is 7.56. The molecule has 4 atom stereocenters. The molecule has 3 fully saturated rings. The van der Waals surface area contributed by atoms with E-state index in [-0.39, 0.29) is 16.7 Å². The number of carbonyl (C=O) groups is 1. The number of rotatable bonds is 1. The molecule has 2 aliphatic carbocycles. The van der Waals surface area contributed by atoms with E-state index in [1.807, 2.05) is 4.90 Å². The first-order chi connectivity index (χ1) is 10.4. The molecule has 0 unspecified atom stereocenters. The van der Waals surface area contributed by atoms with Crippen LogP contribution in [0.25, 0.3) is 0 Å². The van der Waals surface area contributed by atoms with Crippen LogP contribution in [0.3, 0.4) is 0 Å². The average Bonchev–Trinajstić information content (AvgIpc) is 2.96. The number of carbonyl (C=O) groups excluding carboxylic acids is 1. The van der Waals surface area contributed by atoms with E-state index < -0.39 is 5.54 Å². The lowest BCUT2D eigenvalue weighted by Gasteiger charge is -2.43. The van der Waals surface area contributed by atoms with Crippen molar-refractivity contribution in [2.75, 3.05) is 6.54 Å². The number of hydrogen-bond acceptors (Lipinski definition) is 2. The zero-order valence-electron chi connectivity index (χ0n) is 12.9. The van der Waals surface area contributed by atoms with Crippen molar-refractivity contribution in [3.8, 4) is 6.07 Å². The Labute approximate surface area is 135 Å². The summed E-state index contributed by atoms with van der Waals surface area (Å²) >= 11 is 5.91. The third-order valence-electron chi connectivity index (χ3n) is 7.08. The Hall–Kier alpha value is -1.53. The van der Waals surface area contributed by atoms with Crippen molar-refractivity contribution in [2.45, 2.75) is 38.6 Å². The fourth-order valence-electron chi connectivity index (χ4n) is 5.50. The smallest absolute Gasteiger partial charge is 0.255 e. The predicted molar refractivity (Wildman–Crippen MR) is 84.4 cm³/mol. The average molecular weight is 315 g/mol. The fraction of sp³-hybridized carbons (Fsp3) is 0.556. The van der Waals surface area contributed by atoms with Crippen LogP contribution in [-0.4, -0.2) is 22.9 Å². The molecular formula is C18H19ClN2O. The van der Waals surface area contributed by atoms with Gasteiger partial charge in [-0.15, -0.1) is 0 Å². The summed E-state index contributed by atoms with van der Waals surface area (Å²) in [6.07, 6.45) is 3.07. The maximum atomic E-state index is 13.0. The van der Waals surface area contributed by atoms with Gasteiger partial charge in [0, 0.05) is 22.5 Å². The summed E-state index contributed by atoms with van der Waals surface area (Å²) in [7, 11) is 0. The molecule has 0 spiro atoms. The molecule has 0 N–H and O–H groups in total. The minimum absolute atomic E-state index is 0.0338. The Morgan fingerprint density at radius 2 is 2.05 bits per heavy atom. The summed E-state index contributed by atoms with van der Waals surface area (Å²) in [5.74, 6) is 0.542. The molecule has 1 heterocycles. The van der Waals surface area contributed by atoms with Gasteiger partial charge in [0.2, 0.25) is 0 Å². The first-order valence-electron chi connectivity index (χ1n) is 7.87. The molecule has 22 heavy (non-hydrogen) atoms. The van der Waals surface area contributed by atoms with Gasteiger partial charge < -0.3 is 4.90 Å². The van der Waals surface area contributed by atoms with E-state index in [2.05, 4.69) is 19.9 Å². The van der Waals surface area contributed by atoms with E-state index in [1.54, 1.807) is 24.3 Å². The van der Waals surface area contributed by atoms with Crippen molar-refractivity contribution < 1.29 is 4.79 Å². The third-order valence-corrected chi connectivity index (χ3v) is 7.33. The quantitative estimate of drug-likeness (QED) is 0.789. The first kappa shape index (κ1) is 14.1. The fourth-order valence-corrected chi connectivity index (χ4v) is 5.63. The van der Waals surface area contributed by atoms with Gasteiger partial charge in [-0.3, -0.25) is 4.79 Å². The van der Waals surface area contributed by atoms with Gasteiger partial charge in [-0.05, 0) is 54.9 Å². The summed E-state index contributed by atoms with van der Waals surface area (Å²) in [5, 5.41) is 10.6. The molecule has 0 aromatic heterocycles. The maximum absolute atomic E-state index is 13.0. The van der Waals surface area contributed by atoms with E-state index in [1.165, 1.54) is 6.42 Å². The van der Waals surface area contributed by atoms with Crippen molar-refractivity contribution in [2.24, 2.45) is 16.7 Å². The number of likely N-dealkylation sites (tertiary alicyclic amines) is 1. The Morgan fingerprint density at radius 1 is 1.36 bits per heavy atom. The molecule has 4 heteroatoms. The van der Waals surface area contributed by atoms with Gasteiger partial charge in [0.1, 0.15) is 5.54 Å². The monoisotopic (exact) mass is 314 g/mol. The second kappa shape index (κ2) is 4.06. The van der Waals surface area contributed by atoms with E-state index in [0.29, 0.717) is 23.0 Å². The van der Waals surface area contributed by atoms with Gasteiger partial charge in [0.15, 0.2) is 0 Å². The highest BCUT2D eigenvalue weighted by atomic mass is 35.5.